The first-order valence-corrected chi connectivity index (χ1v) is 15.2. The zero-order valence-electron chi connectivity index (χ0n) is 16.2. The average molecular weight is 429 g/mol. The third-order valence-electron chi connectivity index (χ3n) is 3.91. The third-order valence-corrected chi connectivity index (χ3v) is 9.60. The number of hydrogen-bond acceptors (Lipinski definition) is 3. The molecule has 24 heavy (non-hydrogen) atoms. The molecule has 0 aliphatic heterocycles. The van der Waals surface area contributed by atoms with Crippen LogP contribution >= 0.6 is 15.9 Å². The van der Waals surface area contributed by atoms with Crippen molar-refractivity contribution in [1.82, 2.24) is 0 Å². The van der Waals surface area contributed by atoms with Gasteiger partial charge in [0.15, 0.2) is 5.88 Å². The van der Waals surface area contributed by atoms with Gasteiger partial charge >= 0.3 is 0 Å². The van der Waals surface area contributed by atoms with Crippen LogP contribution in [-0.2, 0) is 4.43 Å². The zero-order chi connectivity index (χ0) is 18.8. The van der Waals surface area contributed by atoms with E-state index in [1.165, 1.54) is 0 Å². The van der Waals surface area contributed by atoms with E-state index in [2.05, 4.69) is 81.0 Å². The summed E-state index contributed by atoms with van der Waals surface area (Å²) in [6.45, 7) is 21.4. The monoisotopic (exact) mass is 427 g/mol. The van der Waals surface area contributed by atoms with E-state index in [4.69, 9.17) is 8.85 Å². The molecule has 3 nitrogen and oxygen atoms in total. The van der Waals surface area contributed by atoms with E-state index in [0.717, 1.165) is 15.8 Å². The molecule has 0 aliphatic carbocycles. The Kier molecular flexibility index (Phi) is 6.69. The van der Waals surface area contributed by atoms with Crippen molar-refractivity contribution in [2.45, 2.75) is 58.5 Å². The summed E-state index contributed by atoms with van der Waals surface area (Å²) < 4.78 is 13.2. The fraction of sp³-hybridized carbons (Fsp3) is 0.500. The quantitative estimate of drug-likeness (QED) is 0.291. The molecule has 0 spiro atoms. The van der Waals surface area contributed by atoms with Gasteiger partial charge < -0.3 is 8.85 Å². The van der Waals surface area contributed by atoms with E-state index in [0.29, 0.717) is 5.88 Å². The van der Waals surface area contributed by atoms with Crippen molar-refractivity contribution in [3.05, 3.63) is 40.7 Å². The Morgan fingerprint density at radius 3 is 2.25 bits per heavy atom. The van der Waals surface area contributed by atoms with Crippen LogP contribution in [-0.4, -0.2) is 22.8 Å². The molecule has 0 heterocycles. The molecule has 0 amide bonds. The van der Waals surface area contributed by atoms with Crippen molar-refractivity contribution in [1.29, 1.82) is 0 Å². The summed E-state index contributed by atoms with van der Waals surface area (Å²) in [6.07, 6.45) is 1.77. The van der Waals surface area contributed by atoms with Crippen LogP contribution in [0, 0.1) is 0 Å². The Bertz CT molecular complexity index is 629. The van der Waals surface area contributed by atoms with Gasteiger partial charge in [-0.2, -0.15) is 0 Å². The molecule has 0 unspecified atom stereocenters. The van der Waals surface area contributed by atoms with Crippen LogP contribution in [0.25, 0.3) is 0 Å². The standard InChI is InChI=1S/C18H30BrNO2Si2/c1-14(21-23(5,6)7)20-13-15-12-16(19)10-11-17(15)22-24(8,9)18(2,3)4/h10-13H,1H2,2-9H3. The topological polar surface area (TPSA) is 30.8 Å². The Hall–Kier alpha value is -0.856. The SMILES string of the molecule is C=C(N=Cc1cc(Br)ccc1O[Si](C)(C)C(C)(C)C)O[Si](C)(C)C. The molecule has 1 aromatic carbocycles. The first kappa shape index (κ1) is 21.2. The van der Waals surface area contributed by atoms with Gasteiger partial charge in [-0.1, -0.05) is 36.7 Å². The lowest BCUT2D eigenvalue weighted by Crippen LogP contribution is -2.44. The average Bonchev–Trinajstić information content (AvgIpc) is 2.35. The molecule has 0 radical (unpaired) electrons. The molecule has 0 atom stereocenters. The van der Waals surface area contributed by atoms with E-state index in [1.807, 2.05) is 18.2 Å². The fourth-order valence-corrected chi connectivity index (χ4v) is 3.84. The van der Waals surface area contributed by atoms with Crippen molar-refractivity contribution >= 4 is 38.8 Å². The van der Waals surface area contributed by atoms with E-state index in [1.54, 1.807) is 6.21 Å². The highest BCUT2D eigenvalue weighted by atomic mass is 79.9. The first-order valence-electron chi connectivity index (χ1n) is 8.12. The van der Waals surface area contributed by atoms with Crippen LogP contribution in [0.4, 0.5) is 0 Å². The van der Waals surface area contributed by atoms with Crippen LogP contribution in [0.3, 0.4) is 0 Å². The van der Waals surface area contributed by atoms with Gasteiger partial charge in [0.1, 0.15) is 5.75 Å². The molecule has 0 aliphatic rings. The predicted molar refractivity (Wildman–Crippen MR) is 113 cm³/mol. The van der Waals surface area contributed by atoms with Gasteiger partial charge in [0.25, 0.3) is 8.32 Å². The number of benzene rings is 1. The Morgan fingerprint density at radius 1 is 1.17 bits per heavy atom. The van der Waals surface area contributed by atoms with Crippen LogP contribution in [0.2, 0.25) is 37.8 Å². The van der Waals surface area contributed by atoms with Crippen LogP contribution < -0.4 is 4.43 Å². The predicted octanol–water partition coefficient (Wildman–Crippen LogP) is 6.57. The Morgan fingerprint density at radius 2 is 1.75 bits per heavy atom. The van der Waals surface area contributed by atoms with Crippen LogP contribution in [0.15, 0.2) is 40.1 Å². The second kappa shape index (κ2) is 7.58. The van der Waals surface area contributed by atoms with Crippen molar-refractivity contribution in [3.8, 4) is 5.75 Å². The largest absolute Gasteiger partial charge is 0.543 e. The second-order valence-corrected chi connectivity index (χ2v) is 18.5. The summed E-state index contributed by atoms with van der Waals surface area (Å²) in [6, 6.07) is 6.00. The van der Waals surface area contributed by atoms with E-state index >= 15 is 0 Å². The molecule has 0 aromatic heterocycles. The van der Waals surface area contributed by atoms with E-state index in [9.17, 15) is 0 Å². The van der Waals surface area contributed by atoms with Crippen molar-refractivity contribution < 1.29 is 8.85 Å². The molecule has 0 saturated heterocycles. The van der Waals surface area contributed by atoms with Crippen molar-refractivity contribution in [2.24, 2.45) is 4.99 Å². The lowest BCUT2D eigenvalue weighted by Gasteiger charge is -2.36. The third kappa shape index (κ3) is 6.57. The summed E-state index contributed by atoms with van der Waals surface area (Å²) in [5.41, 5.74) is 0.925. The van der Waals surface area contributed by atoms with Gasteiger partial charge in [-0.15, -0.1) is 0 Å². The van der Waals surface area contributed by atoms with E-state index < -0.39 is 16.6 Å². The molecular weight excluding hydrogens is 398 g/mol. The minimum atomic E-state index is -1.91. The molecule has 0 fully saturated rings. The summed E-state index contributed by atoms with van der Waals surface area (Å²) >= 11 is 3.52. The normalized spacial score (nSPS) is 13.2. The molecular formula is C18H30BrNO2Si2. The Labute approximate surface area is 157 Å². The van der Waals surface area contributed by atoms with Crippen LogP contribution in [0.5, 0.6) is 5.75 Å². The highest BCUT2D eigenvalue weighted by Crippen LogP contribution is 2.38. The van der Waals surface area contributed by atoms with Crippen molar-refractivity contribution in [3.63, 3.8) is 0 Å². The maximum absolute atomic E-state index is 6.45. The molecule has 0 saturated carbocycles. The number of hydrogen-bond donors (Lipinski definition) is 0. The molecule has 6 heteroatoms. The highest BCUT2D eigenvalue weighted by Gasteiger charge is 2.39. The highest BCUT2D eigenvalue weighted by molar-refractivity contribution is 9.10. The first-order chi connectivity index (χ1) is 10.7. The lowest BCUT2D eigenvalue weighted by atomic mass is 10.2. The maximum Gasteiger partial charge on any atom is 0.250 e. The molecule has 0 N–H and O–H groups in total. The lowest BCUT2D eigenvalue weighted by molar-refractivity contribution is 0.421. The molecule has 0 bridgehead atoms. The van der Waals surface area contributed by atoms with Gasteiger partial charge in [0, 0.05) is 16.3 Å². The maximum atomic E-state index is 6.45. The van der Waals surface area contributed by atoms with Crippen molar-refractivity contribution in [2.75, 3.05) is 0 Å². The summed E-state index contributed by atoms with van der Waals surface area (Å²) in [5, 5.41) is 0.138. The number of halogens is 1. The van der Waals surface area contributed by atoms with Gasteiger partial charge in [-0.3, -0.25) is 0 Å². The summed E-state index contributed by atoms with van der Waals surface area (Å²) in [5.74, 6) is 1.31. The smallest absolute Gasteiger partial charge is 0.250 e. The van der Waals surface area contributed by atoms with Gasteiger partial charge in [-0.25, -0.2) is 4.99 Å². The fourth-order valence-electron chi connectivity index (χ4n) is 1.66. The summed E-state index contributed by atoms with van der Waals surface area (Å²) in [7, 11) is -3.61. The minimum absolute atomic E-state index is 0.138. The molecule has 134 valence electrons. The molecule has 1 rings (SSSR count). The summed E-state index contributed by atoms with van der Waals surface area (Å²) in [4.78, 5) is 4.38. The van der Waals surface area contributed by atoms with Gasteiger partial charge in [0.2, 0.25) is 8.32 Å². The minimum Gasteiger partial charge on any atom is -0.543 e. The number of aliphatic imine (C=N–C) groups is 1. The number of rotatable bonds is 6. The zero-order valence-corrected chi connectivity index (χ0v) is 19.7. The molecule has 1 aromatic rings. The van der Waals surface area contributed by atoms with E-state index in [-0.39, 0.29) is 5.04 Å². The van der Waals surface area contributed by atoms with Crippen LogP contribution in [0.1, 0.15) is 26.3 Å². The second-order valence-electron chi connectivity index (χ2n) is 8.41. The van der Waals surface area contributed by atoms with Gasteiger partial charge in [0.05, 0.1) is 0 Å². The Balaban J connectivity index is 3.08. The number of nitrogens with zero attached hydrogens (tertiary/aromatic N) is 1. The van der Waals surface area contributed by atoms with Gasteiger partial charge in [-0.05, 0) is 62.6 Å².